The normalized spacial score (nSPS) is 10.4. The van der Waals surface area contributed by atoms with Crippen molar-refractivity contribution in [2.45, 2.75) is 12.5 Å². The van der Waals surface area contributed by atoms with Crippen LogP contribution in [-0.2, 0) is 10.6 Å². The number of methoxy groups -OCH3 is 1. The minimum atomic E-state index is -3.15. The monoisotopic (exact) mass is 295 g/mol. The molecule has 0 bridgehead atoms. The van der Waals surface area contributed by atoms with Crippen molar-refractivity contribution in [2.75, 3.05) is 7.11 Å². The summed E-state index contributed by atoms with van der Waals surface area (Å²) in [5, 5.41) is 10.9. The zero-order valence-electron chi connectivity index (χ0n) is 9.56. The van der Waals surface area contributed by atoms with Gasteiger partial charge in [-0.3, -0.25) is 10.1 Å². The van der Waals surface area contributed by atoms with Crippen molar-refractivity contribution in [3.05, 3.63) is 33.4 Å². The van der Waals surface area contributed by atoms with E-state index in [4.69, 9.17) is 11.6 Å². The Labute approximate surface area is 111 Å². The Bertz CT molecular complexity index is 509. The van der Waals surface area contributed by atoms with Crippen LogP contribution in [0.3, 0.4) is 0 Å². The van der Waals surface area contributed by atoms with Crippen LogP contribution in [0.15, 0.2) is 12.1 Å². The minimum Gasteiger partial charge on any atom is -0.465 e. The Morgan fingerprint density at radius 3 is 2.58 bits per heavy atom. The summed E-state index contributed by atoms with van der Waals surface area (Å²) in [4.78, 5) is 21.4. The Kier molecular flexibility index (Phi) is 4.99. The number of hydrogen-bond acceptors (Lipinski definition) is 5. The summed E-state index contributed by atoms with van der Waals surface area (Å²) in [5.74, 6) is -1.73. The Morgan fingerprint density at radius 2 is 2.16 bits per heavy atom. The van der Waals surface area contributed by atoms with E-state index in [1.165, 1.54) is 0 Å². The van der Waals surface area contributed by atoms with Gasteiger partial charge in [-0.1, -0.05) is 0 Å². The van der Waals surface area contributed by atoms with E-state index in [1.807, 2.05) is 0 Å². The number of hydrogen-bond donors (Lipinski definition) is 0. The molecule has 1 aromatic rings. The third-order valence-corrected chi connectivity index (χ3v) is 2.42. The number of nitrogens with zero attached hydrogens (tertiary/aromatic N) is 1. The molecule has 6 nitrogen and oxygen atoms in total. The van der Waals surface area contributed by atoms with E-state index in [9.17, 15) is 23.7 Å². The van der Waals surface area contributed by atoms with Gasteiger partial charge in [-0.05, 0) is 11.6 Å². The van der Waals surface area contributed by atoms with Crippen LogP contribution in [0.1, 0.15) is 15.9 Å². The number of carbonyl (C=O) groups is 1. The first kappa shape index (κ1) is 15.1. The van der Waals surface area contributed by atoms with Crippen molar-refractivity contribution in [1.82, 2.24) is 0 Å². The van der Waals surface area contributed by atoms with Crippen LogP contribution in [0.25, 0.3) is 0 Å². The Hall–Kier alpha value is -1.96. The summed E-state index contributed by atoms with van der Waals surface area (Å²) in [5.41, 5.74) is -1.12. The van der Waals surface area contributed by atoms with Crippen LogP contribution in [-0.4, -0.2) is 24.6 Å². The quantitative estimate of drug-likeness (QED) is 0.361. The largest absolute Gasteiger partial charge is 0.465 e. The predicted molar refractivity (Wildman–Crippen MR) is 60.6 cm³/mol. The van der Waals surface area contributed by atoms with Gasteiger partial charge in [-0.25, -0.2) is 4.79 Å². The molecule has 1 aromatic carbocycles. The number of halogens is 3. The summed E-state index contributed by atoms with van der Waals surface area (Å²) in [6.45, 7) is -3.15. The molecule has 0 atom stereocenters. The standard InChI is InChI=1S/C10H8ClF2NO5/c1-18-9(15)8-5(4-11)2-6(19-10(12)13)3-7(8)14(16)17/h2-3,10H,4H2,1H3. The summed E-state index contributed by atoms with van der Waals surface area (Å²) < 4.78 is 32.7. The van der Waals surface area contributed by atoms with Gasteiger partial charge >= 0.3 is 12.6 Å². The molecule has 0 unspecified atom stereocenters. The molecular weight excluding hydrogens is 288 g/mol. The van der Waals surface area contributed by atoms with Crippen molar-refractivity contribution >= 4 is 23.3 Å². The molecule has 0 spiro atoms. The first-order valence-electron chi connectivity index (χ1n) is 4.81. The maximum atomic E-state index is 12.1. The highest BCUT2D eigenvalue weighted by molar-refractivity contribution is 6.18. The summed E-state index contributed by atoms with van der Waals surface area (Å²) in [6, 6.07) is 1.74. The number of rotatable bonds is 5. The molecule has 0 aliphatic heterocycles. The first-order chi connectivity index (χ1) is 8.90. The van der Waals surface area contributed by atoms with Crippen LogP contribution in [0.4, 0.5) is 14.5 Å². The maximum Gasteiger partial charge on any atom is 0.387 e. The van der Waals surface area contributed by atoms with Gasteiger partial charge in [0.15, 0.2) is 0 Å². The molecule has 0 saturated heterocycles. The van der Waals surface area contributed by atoms with E-state index in [0.717, 1.165) is 13.2 Å². The van der Waals surface area contributed by atoms with Crippen LogP contribution in [0.2, 0.25) is 0 Å². The fraction of sp³-hybridized carbons (Fsp3) is 0.300. The van der Waals surface area contributed by atoms with Crippen LogP contribution in [0, 0.1) is 10.1 Å². The van der Waals surface area contributed by atoms with Crippen molar-refractivity contribution in [1.29, 1.82) is 0 Å². The van der Waals surface area contributed by atoms with Crippen LogP contribution in [0.5, 0.6) is 5.75 Å². The molecular formula is C10H8ClF2NO5. The number of nitro benzene ring substituents is 1. The number of nitro groups is 1. The molecule has 0 N–H and O–H groups in total. The number of esters is 1. The molecule has 9 heteroatoms. The van der Waals surface area contributed by atoms with Crippen molar-refractivity contribution in [2.24, 2.45) is 0 Å². The molecule has 19 heavy (non-hydrogen) atoms. The van der Waals surface area contributed by atoms with Gasteiger partial charge in [0.2, 0.25) is 0 Å². The molecule has 0 fully saturated rings. The Balaban J connectivity index is 3.44. The highest BCUT2D eigenvalue weighted by Gasteiger charge is 2.27. The lowest BCUT2D eigenvalue weighted by Crippen LogP contribution is -2.11. The van der Waals surface area contributed by atoms with E-state index in [-0.39, 0.29) is 17.0 Å². The van der Waals surface area contributed by atoms with Gasteiger partial charge < -0.3 is 9.47 Å². The SMILES string of the molecule is COC(=O)c1c(CCl)cc(OC(F)F)cc1[N+](=O)[O-]. The predicted octanol–water partition coefficient (Wildman–Crippen LogP) is 2.72. The molecule has 0 aliphatic rings. The van der Waals surface area contributed by atoms with E-state index in [1.54, 1.807) is 0 Å². The molecule has 0 heterocycles. The lowest BCUT2D eigenvalue weighted by Gasteiger charge is -2.10. The molecule has 0 aliphatic carbocycles. The van der Waals surface area contributed by atoms with Gasteiger partial charge in [0.1, 0.15) is 11.3 Å². The zero-order valence-corrected chi connectivity index (χ0v) is 10.3. The summed E-state index contributed by atoms with van der Waals surface area (Å²) in [6.07, 6.45) is 0. The topological polar surface area (TPSA) is 78.7 Å². The summed E-state index contributed by atoms with van der Waals surface area (Å²) in [7, 11) is 1.04. The number of ether oxygens (including phenoxy) is 2. The first-order valence-corrected chi connectivity index (χ1v) is 5.34. The maximum absolute atomic E-state index is 12.1. The van der Waals surface area contributed by atoms with Crippen molar-refractivity contribution < 1.29 is 28.0 Å². The molecule has 104 valence electrons. The van der Waals surface area contributed by atoms with Crippen molar-refractivity contribution in [3.8, 4) is 5.75 Å². The molecule has 1 rings (SSSR count). The molecule has 0 aromatic heterocycles. The highest BCUT2D eigenvalue weighted by atomic mass is 35.5. The average Bonchev–Trinajstić information content (AvgIpc) is 2.35. The summed E-state index contributed by atoms with van der Waals surface area (Å²) >= 11 is 5.54. The third kappa shape index (κ3) is 3.50. The van der Waals surface area contributed by atoms with E-state index in [0.29, 0.717) is 6.07 Å². The third-order valence-electron chi connectivity index (χ3n) is 2.13. The number of carbonyl (C=O) groups excluding carboxylic acids is 1. The fourth-order valence-electron chi connectivity index (χ4n) is 1.41. The second-order valence-corrected chi connectivity index (χ2v) is 3.50. The second-order valence-electron chi connectivity index (χ2n) is 3.24. The second kappa shape index (κ2) is 6.28. The molecule has 0 radical (unpaired) electrons. The minimum absolute atomic E-state index is 0.0293. The number of benzene rings is 1. The van der Waals surface area contributed by atoms with Crippen LogP contribution < -0.4 is 4.74 Å². The van der Waals surface area contributed by atoms with Gasteiger partial charge in [0.05, 0.1) is 18.1 Å². The average molecular weight is 296 g/mol. The molecule has 0 amide bonds. The Morgan fingerprint density at radius 1 is 1.53 bits per heavy atom. The van der Waals surface area contributed by atoms with E-state index in [2.05, 4.69) is 9.47 Å². The van der Waals surface area contributed by atoms with Gasteiger partial charge in [-0.2, -0.15) is 8.78 Å². The van der Waals surface area contributed by atoms with Crippen molar-refractivity contribution in [3.63, 3.8) is 0 Å². The van der Waals surface area contributed by atoms with Gasteiger partial charge in [-0.15, -0.1) is 11.6 Å². The van der Waals surface area contributed by atoms with E-state index >= 15 is 0 Å². The lowest BCUT2D eigenvalue weighted by molar-refractivity contribution is -0.385. The van der Waals surface area contributed by atoms with Gasteiger partial charge in [0, 0.05) is 5.88 Å². The highest BCUT2D eigenvalue weighted by Crippen LogP contribution is 2.31. The lowest BCUT2D eigenvalue weighted by atomic mass is 10.1. The van der Waals surface area contributed by atoms with Crippen LogP contribution >= 0.6 is 11.6 Å². The molecule has 0 saturated carbocycles. The smallest absolute Gasteiger partial charge is 0.387 e. The van der Waals surface area contributed by atoms with Gasteiger partial charge in [0.25, 0.3) is 5.69 Å². The number of alkyl halides is 3. The fourth-order valence-corrected chi connectivity index (χ4v) is 1.63. The zero-order chi connectivity index (χ0) is 14.6. The van der Waals surface area contributed by atoms with E-state index < -0.39 is 28.9 Å².